The molecule has 1 aromatic carbocycles. The van der Waals surface area contributed by atoms with Crippen LogP contribution in [-0.4, -0.2) is 23.1 Å². The molecule has 0 spiro atoms. The van der Waals surface area contributed by atoms with Gasteiger partial charge in [-0.15, -0.1) is 0 Å². The highest BCUT2D eigenvalue weighted by Gasteiger charge is 2.20. The minimum atomic E-state index is 0.471. The first-order valence-corrected chi connectivity index (χ1v) is 7.43. The maximum absolute atomic E-state index is 5.36. The van der Waals surface area contributed by atoms with E-state index in [1.807, 2.05) is 6.07 Å². The van der Waals surface area contributed by atoms with Gasteiger partial charge in [-0.2, -0.15) is 4.98 Å². The molecule has 0 bridgehead atoms. The second-order valence-corrected chi connectivity index (χ2v) is 5.50. The minimum absolute atomic E-state index is 0.471. The van der Waals surface area contributed by atoms with Gasteiger partial charge in [0.15, 0.2) is 0 Å². The Morgan fingerprint density at radius 3 is 2.62 bits per heavy atom. The van der Waals surface area contributed by atoms with Crippen LogP contribution in [0.1, 0.15) is 18.4 Å². The number of hydrazine groups is 1. The lowest BCUT2D eigenvalue weighted by molar-refractivity contribution is 0.402. The molecule has 0 atom stereocenters. The maximum Gasteiger partial charge on any atom is 0.239 e. The number of benzene rings is 1. The zero-order valence-electron chi connectivity index (χ0n) is 12.1. The first-order valence-electron chi connectivity index (χ1n) is 7.43. The van der Waals surface area contributed by atoms with Crippen molar-refractivity contribution in [2.75, 3.05) is 23.4 Å². The summed E-state index contributed by atoms with van der Waals surface area (Å²) in [5, 5.41) is 0. The summed E-state index contributed by atoms with van der Waals surface area (Å²) in [6, 6.07) is 12.7. The fraction of sp³-hybridized carbons (Fsp3) is 0.375. The van der Waals surface area contributed by atoms with Gasteiger partial charge in [0, 0.05) is 19.3 Å². The Kier molecular flexibility index (Phi) is 4.31. The van der Waals surface area contributed by atoms with E-state index < -0.39 is 0 Å². The Bertz CT molecular complexity index is 564. The summed E-state index contributed by atoms with van der Waals surface area (Å²) in [7, 11) is 0. The zero-order chi connectivity index (χ0) is 14.5. The number of nitrogens with two attached hydrogens (primary N) is 1. The molecule has 0 saturated carbocycles. The molecule has 1 aliphatic rings. The smallest absolute Gasteiger partial charge is 0.239 e. The standard InChI is InChI=1S/C16H21N5/c17-20-16-18-9-6-15(19-16)21-10-7-14(8-11-21)12-13-4-2-1-3-5-13/h1-6,9,14H,7-8,10-12,17H2,(H,18,19,20). The summed E-state index contributed by atoms with van der Waals surface area (Å²) in [5.74, 6) is 7.55. The Balaban J connectivity index is 1.57. The van der Waals surface area contributed by atoms with Gasteiger partial charge < -0.3 is 4.90 Å². The highest BCUT2D eigenvalue weighted by molar-refractivity contribution is 5.42. The third-order valence-corrected chi connectivity index (χ3v) is 4.08. The Labute approximate surface area is 125 Å². The van der Waals surface area contributed by atoms with Crippen LogP contribution in [0.5, 0.6) is 0 Å². The van der Waals surface area contributed by atoms with E-state index in [4.69, 9.17) is 5.84 Å². The minimum Gasteiger partial charge on any atom is -0.356 e. The molecule has 3 N–H and O–H groups in total. The topological polar surface area (TPSA) is 67.1 Å². The predicted molar refractivity (Wildman–Crippen MR) is 84.9 cm³/mol. The van der Waals surface area contributed by atoms with Gasteiger partial charge in [-0.05, 0) is 36.8 Å². The molecule has 2 aromatic rings. The molecule has 1 aliphatic heterocycles. The number of hydrogen-bond acceptors (Lipinski definition) is 5. The summed E-state index contributed by atoms with van der Waals surface area (Å²) in [5.41, 5.74) is 3.94. The second kappa shape index (κ2) is 6.54. The molecule has 1 fully saturated rings. The molecule has 1 aromatic heterocycles. The number of anilines is 2. The molecule has 3 rings (SSSR count). The normalized spacial score (nSPS) is 16.0. The van der Waals surface area contributed by atoms with Crippen LogP contribution >= 0.6 is 0 Å². The monoisotopic (exact) mass is 283 g/mol. The van der Waals surface area contributed by atoms with Crippen LogP contribution in [0, 0.1) is 5.92 Å². The molecular weight excluding hydrogens is 262 g/mol. The first kappa shape index (κ1) is 13.8. The van der Waals surface area contributed by atoms with Crippen LogP contribution in [0.3, 0.4) is 0 Å². The van der Waals surface area contributed by atoms with Crippen LogP contribution in [0.25, 0.3) is 0 Å². The van der Waals surface area contributed by atoms with Gasteiger partial charge >= 0.3 is 0 Å². The number of nitrogen functional groups attached to an aromatic ring is 1. The summed E-state index contributed by atoms with van der Waals surface area (Å²) in [6.45, 7) is 2.08. The molecule has 1 saturated heterocycles. The van der Waals surface area contributed by atoms with E-state index in [0.717, 1.165) is 24.8 Å². The largest absolute Gasteiger partial charge is 0.356 e. The summed E-state index contributed by atoms with van der Waals surface area (Å²) >= 11 is 0. The quantitative estimate of drug-likeness (QED) is 0.665. The van der Waals surface area contributed by atoms with Gasteiger partial charge in [0.1, 0.15) is 5.82 Å². The number of hydrogen-bond donors (Lipinski definition) is 2. The van der Waals surface area contributed by atoms with Crippen molar-refractivity contribution < 1.29 is 0 Å². The third-order valence-electron chi connectivity index (χ3n) is 4.08. The fourth-order valence-corrected chi connectivity index (χ4v) is 2.91. The molecule has 2 heterocycles. The number of rotatable bonds is 4. The van der Waals surface area contributed by atoms with Crippen molar-refractivity contribution in [3.05, 3.63) is 48.2 Å². The molecule has 110 valence electrons. The molecule has 5 nitrogen and oxygen atoms in total. The first-order chi connectivity index (χ1) is 10.3. The third kappa shape index (κ3) is 3.49. The molecular formula is C16H21N5. The zero-order valence-corrected chi connectivity index (χ0v) is 12.1. The Hall–Kier alpha value is -2.14. The van der Waals surface area contributed by atoms with Gasteiger partial charge in [0.2, 0.25) is 5.95 Å². The van der Waals surface area contributed by atoms with E-state index in [0.29, 0.717) is 5.95 Å². The SMILES string of the molecule is NNc1nccc(N2CCC(Cc3ccccc3)CC2)n1. The molecule has 0 radical (unpaired) electrons. The highest BCUT2D eigenvalue weighted by Crippen LogP contribution is 2.24. The van der Waals surface area contributed by atoms with E-state index in [2.05, 4.69) is 50.6 Å². The molecule has 0 unspecified atom stereocenters. The van der Waals surface area contributed by atoms with E-state index >= 15 is 0 Å². The molecule has 0 amide bonds. The average molecular weight is 283 g/mol. The van der Waals surface area contributed by atoms with Gasteiger partial charge in [0.05, 0.1) is 0 Å². The number of nitrogens with zero attached hydrogens (tertiary/aromatic N) is 3. The number of piperidine rings is 1. The summed E-state index contributed by atoms with van der Waals surface area (Å²) < 4.78 is 0. The van der Waals surface area contributed by atoms with E-state index in [-0.39, 0.29) is 0 Å². The lowest BCUT2D eigenvalue weighted by Crippen LogP contribution is -2.35. The van der Waals surface area contributed by atoms with Crippen LogP contribution in [0.15, 0.2) is 42.6 Å². The maximum atomic E-state index is 5.36. The average Bonchev–Trinajstić information content (AvgIpc) is 2.56. The number of nitrogens with one attached hydrogen (secondary N) is 1. The van der Waals surface area contributed by atoms with Crippen LogP contribution < -0.4 is 16.2 Å². The van der Waals surface area contributed by atoms with Crippen molar-refractivity contribution >= 4 is 11.8 Å². The molecule has 5 heteroatoms. The fourth-order valence-electron chi connectivity index (χ4n) is 2.91. The number of aromatic nitrogens is 2. The van der Waals surface area contributed by atoms with Gasteiger partial charge in [0.25, 0.3) is 0 Å². The Morgan fingerprint density at radius 2 is 1.90 bits per heavy atom. The summed E-state index contributed by atoms with van der Waals surface area (Å²) in [6.07, 6.45) is 5.32. The van der Waals surface area contributed by atoms with Gasteiger partial charge in [-0.3, -0.25) is 5.43 Å². The van der Waals surface area contributed by atoms with E-state index in [1.165, 1.54) is 24.8 Å². The van der Waals surface area contributed by atoms with Crippen molar-refractivity contribution in [3.63, 3.8) is 0 Å². The van der Waals surface area contributed by atoms with Crippen LogP contribution in [-0.2, 0) is 6.42 Å². The van der Waals surface area contributed by atoms with Gasteiger partial charge in [-0.1, -0.05) is 30.3 Å². The Morgan fingerprint density at radius 1 is 1.14 bits per heavy atom. The molecule has 0 aliphatic carbocycles. The van der Waals surface area contributed by atoms with Crippen molar-refractivity contribution in [2.24, 2.45) is 11.8 Å². The van der Waals surface area contributed by atoms with Crippen molar-refractivity contribution in [1.82, 2.24) is 9.97 Å². The van der Waals surface area contributed by atoms with Crippen molar-refractivity contribution in [2.45, 2.75) is 19.3 Å². The lowest BCUT2D eigenvalue weighted by Gasteiger charge is -2.32. The summed E-state index contributed by atoms with van der Waals surface area (Å²) in [4.78, 5) is 10.8. The predicted octanol–water partition coefficient (Wildman–Crippen LogP) is 2.22. The molecule has 21 heavy (non-hydrogen) atoms. The van der Waals surface area contributed by atoms with Gasteiger partial charge in [-0.25, -0.2) is 10.8 Å². The van der Waals surface area contributed by atoms with E-state index in [1.54, 1.807) is 6.20 Å². The highest BCUT2D eigenvalue weighted by atomic mass is 15.3. The van der Waals surface area contributed by atoms with Crippen LogP contribution in [0.2, 0.25) is 0 Å². The van der Waals surface area contributed by atoms with Crippen LogP contribution in [0.4, 0.5) is 11.8 Å². The lowest BCUT2D eigenvalue weighted by atomic mass is 9.90. The van der Waals surface area contributed by atoms with Crippen molar-refractivity contribution in [1.29, 1.82) is 0 Å². The second-order valence-electron chi connectivity index (χ2n) is 5.50. The van der Waals surface area contributed by atoms with Crippen molar-refractivity contribution in [3.8, 4) is 0 Å². The van der Waals surface area contributed by atoms with E-state index in [9.17, 15) is 0 Å².